The number of aliphatic hydroxyl groups is 1. The number of halogens is 1. The van der Waals surface area contributed by atoms with E-state index in [0.717, 1.165) is 10.0 Å². The number of aliphatic hydroxyl groups excluding tert-OH is 1. The van der Waals surface area contributed by atoms with Gasteiger partial charge in [0.05, 0.1) is 6.10 Å². The monoisotopic (exact) mass is 257 g/mol. The first-order chi connectivity index (χ1) is 6.32. The predicted molar refractivity (Wildman–Crippen MR) is 63.0 cm³/mol. The lowest BCUT2D eigenvalue weighted by molar-refractivity contribution is 0.0632. The summed E-state index contributed by atoms with van der Waals surface area (Å²) in [4.78, 5) is 0. The van der Waals surface area contributed by atoms with Crippen molar-refractivity contribution in [3.05, 3.63) is 28.2 Å². The molecule has 3 N–H and O–H groups in total. The zero-order chi connectivity index (χ0) is 10.9. The molecule has 0 fully saturated rings. The molecule has 1 aromatic carbocycles. The smallest absolute Gasteiger partial charge is 0.0858 e. The minimum Gasteiger partial charge on any atom is -0.398 e. The molecule has 0 spiro atoms. The average molecular weight is 258 g/mol. The van der Waals surface area contributed by atoms with E-state index in [0.29, 0.717) is 5.69 Å². The van der Waals surface area contributed by atoms with Crippen LogP contribution in [0.15, 0.2) is 22.7 Å². The molecule has 0 aliphatic rings. The second-order valence-electron chi connectivity index (χ2n) is 4.54. The summed E-state index contributed by atoms with van der Waals surface area (Å²) in [6, 6.07) is 5.54. The third-order valence-electron chi connectivity index (χ3n) is 2.16. The summed E-state index contributed by atoms with van der Waals surface area (Å²) < 4.78 is 0.935. The van der Waals surface area contributed by atoms with Gasteiger partial charge in [-0.2, -0.15) is 0 Å². The molecule has 3 heteroatoms. The summed E-state index contributed by atoms with van der Waals surface area (Å²) >= 11 is 3.36. The molecule has 2 nitrogen and oxygen atoms in total. The quantitative estimate of drug-likeness (QED) is 0.760. The highest BCUT2D eigenvalue weighted by Gasteiger charge is 2.25. The van der Waals surface area contributed by atoms with Crippen LogP contribution < -0.4 is 5.73 Å². The lowest BCUT2D eigenvalue weighted by Crippen LogP contribution is -2.19. The second kappa shape index (κ2) is 3.91. The van der Waals surface area contributed by atoms with Crippen LogP contribution in [0.4, 0.5) is 5.69 Å². The van der Waals surface area contributed by atoms with E-state index in [-0.39, 0.29) is 5.41 Å². The number of rotatable bonds is 1. The molecule has 0 saturated heterocycles. The first-order valence-electron chi connectivity index (χ1n) is 4.55. The Morgan fingerprint density at radius 2 is 1.93 bits per heavy atom. The standard InChI is InChI=1S/C11H16BrNO/c1-11(2,3)10(14)8-6-7(12)4-5-9(8)13/h4-6,10,14H,13H2,1-3H3. The van der Waals surface area contributed by atoms with Gasteiger partial charge in [0.1, 0.15) is 0 Å². The van der Waals surface area contributed by atoms with Crippen LogP contribution in [0.3, 0.4) is 0 Å². The van der Waals surface area contributed by atoms with Crippen LogP contribution in [0.25, 0.3) is 0 Å². The highest BCUT2D eigenvalue weighted by Crippen LogP contribution is 2.36. The Morgan fingerprint density at radius 1 is 1.36 bits per heavy atom. The van der Waals surface area contributed by atoms with Crippen molar-refractivity contribution in [3.8, 4) is 0 Å². The Morgan fingerprint density at radius 3 is 2.43 bits per heavy atom. The zero-order valence-electron chi connectivity index (χ0n) is 8.71. The van der Waals surface area contributed by atoms with Gasteiger partial charge in [-0.15, -0.1) is 0 Å². The summed E-state index contributed by atoms with van der Waals surface area (Å²) in [6.07, 6.45) is -0.542. The van der Waals surface area contributed by atoms with Crippen molar-refractivity contribution < 1.29 is 5.11 Å². The number of hydrogen-bond donors (Lipinski definition) is 2. The Kier molecular flexibility index (Phi) is 3.22. The van der Waals surface area contributed by atoms with Gasteiger partial charge in [-0.3, -0.25) is 0 Å². The van der Waals surface area contributed by atoms with E-state index >= 15 is 0 Å². The van der Waals surface area contributed by atoms with Crippen LogP contribution in [0.1, 0.15) is 32.4 Å². The molecule has 0 aliphatic carbocycles. The van der Waals surface area contributed by atoms with Gasteiger partial charge in [0.25, 0.3) is 0 Å². The fourth-order valence-corrected chi connectivity index (χ4v) is 1.63. The maximum Gasteiger partial charge on any atom is 0.0858 e. The molecular formula is C11H16BrNO. The van der Waals surface area contributed by atoms with Crippen LogP contribution >= 0.6 is 15.9 Å². The minimum absolute atomic E-state index is 0.199. The highest BCUT2D eigenvalue weighted by atomic mass is 79.9. The molecule has 0 bridgehead atoms. The highest BCUT2D eigenvalue weighted by molar-refractivity contribution is 9.10. The lowest BCUT2D eigenvalue weighted by atomic mass is 9.84. The van der Waals surface area contributed by atoms with Crippen LogP contribution in [-0.4, -0.2) is 5.11 Å². The molecule has 0 aromatic heterocycles. The van der Waals surface area contributed by atoms with E-state index in [4.69, 9.17) is 5.73 Å². The Balaban J connectivity index is 3.12. The zero-order valence-corrected chi connectivity index (χ0v) is 10.3. The fraction of sp³-hybridized carbons (Fsp3) is 0.455. The summed E-state index contributed by atoms with van der Waals surface area (Å²) in [5.41, 5.74) is 7.03. The average Bonchev–Trinajstić information content (AvgIpc) is 2.06. The van der Waals surface area contributed by atoms with Crippen molar-refractivity contribution in [1.82, 2.24) is 0 Å². The van der Waals surface area contributed by atoms with E-state index in [1.54, 1.807) is 6.07 Å². The lowest BCUT2D eigenvalue weighted by Gasteiger charge is -2.27. The molecule has 1 aromatic rings. The number of anilines is 1. The van der Waals surface area contributed by atoms with Gasteiger partial charge in [-0.25, -0.2) is 0 Å². The van der Waals surface area contributed by atoms with Crippen LogP contribution in [-0.2, 0) is 0 Å². The molecule has 0 amide bonds. The largest absolute Gasteiger partial charge is 0.398 e. The Hall–Kier alpha value is -0.540. The first-order valence-corrected chi connectivity index (χ1v) is 5.34. The van der Waals surface area contributed by atoms with Gasteiger partial charge < -0.3 is 10.8 Å². The topological polar surface area (TPSA) is 46.2 Å². The predicted octanol–water partition coefficient (Wildman–Crippen LogP) is 3.11. The summed E-state index contributed by atoms with van der Waals surface area (Å²) in [7, 11) is 0. The van der Waals surface area contributed by atoms with Crippen molar-refractivity contribution in [3.63, 3.8) is 0 Å². The van der Waals surface area contributed by atoms with Gasteiger partial charge in [0, 0.05) is 15.7 Å². The van der Waals surface area contributed by atoms with Crippen molar-refractivity contribution in [2.24, 2.45) is 5.41 Å². The third kappa shape index (κ3) is 2.49. The van der Waals surface area contributed by atoms with Crippen LogP contribution in [0.5, 0.6) is 0 Å². The summed E-state index contributed by atoms with van der Waals surface area (Å²) in [6.45, 7) is 5.95. The van der Waals surface area contributed by atoms with Gasteiger partial charge >= 0.3 is 0 Å². The molecule has 0 heterocycles. The maximum absolute atomic E-state index is 10.1. The molecule has 14 heavy (non-hydrogen) atoms. The van der Waals surface area contributed by atoms with Gasteiger partial charge in [0.2, 0.25) is 0 Å². The molecule has 0 radical (unpaired) electrons. The van der Waals surface area contributed by atoms with Crippen molar-refractivity contribution >= 4 is 21.6 Å². The van der Waals surface area contributed by atoms with E-state index < -0.39 is 6.10 Å². The molecule has 1 atom stereocenters. The molecule has 0 saturated carbocycles. The molecule has 0 aliphatic heterocycles. The fourth-order valence-electron chi connectivity index (χ4n) is 1.25. The molecule has 1 unspecified atom stereocenters. The van der Waals surface area contributed by atoms with E-state index in [1.807, 2.05) is 32.9 Å². The summed E-state index contributed by atoms with van der Waals surface area (Å²) in [5.74, 6) is 0. The van der Waals surface area contributed by atoms with Gasteiger partial charge in [-0.1, -0.05) is 36.7 Å². The molecule has 1 rings (SSSR count). The van der Waals surface area contributed by atoms with E-state index in [1.165, 1.54) is 0 Å². The van der Waals surface area contributed by atoms with Crippen LogP contribution in [0, 0.1) is 5.41 Å². The Labute approximate surface area is 93.3 Å². The SMILES string of the molecule is CC(C)(C)C(O)c1cc(Br)ccc1N. The van der Waals surface area contributed by atoms with E-state index in [2.05, 4.69) is 15.9 Å². The van der Waals surface area contributed by atoms with Gasteiger partial charge in [0.15, 0.2) is 0 Å². The maximum atomic E-state index is 10.1. The number of nitrogen functional groups attached to an aromatic ring is 1. The minimum atomic E-state index is -0.542. The molecule has 78 valence electrons. The van der Waals surface area contributed by atoms with E-state index in [9.17, 15) is 5.11 Å². The summed E-state index contributed by atoms with van der Waals surface area (Å²) in [5, 5.41) is 10.1. The van der Waals surface area contributed by atoms with Crippen molar-refractivity contribution in [2.75, 3.05) is 5.73 Å². The number of hydrogen-bond acceptors (Lipinski definition) is 2. The second-order valence-corrected chi connectivity index (χ2v) is 5.46. The normalized spacial score (nSPS) is 14.1. The van der Waals surface area contributed by atoms with Gasteiger partial charge in [-0.05, 0) is 23.6 Å². The third-order valence-corrected chi connectivity index (χ3v) is 2.66. The number of nitrogens with two attached hydrogens (primary N) is 1. The first kappa shape index (κ1) is 11.5. The Bertz CT molecular complexity index is 331. The number of benzene rings is 1. The van der Waals surface area contributed by atoms with Crippen molar-refractivity contribution in [1.29, 1.82) is 0 Å². The molecular weight excluding hydrogens is 242 g/mol. The van der Waals surface area contributed by atoms with Crippen LogP contribution in [0.2, 0.25) is 0 Å². The van der Waals surface area contributed by atoms with Crippen molar-refractivity contribution in [2.45, 2.75) is 26.9 Å².